The van der Waals surface area contributed by atoms with E-state index in [1.807, 2.05) is 51.4 Å². The van der Waals surface area contributed by atoms with Crippen LogP contribution in [0.2, 0.25) is 5.02 Å². The maximum absolute atomic E-state index is 12.6. The minimum Gasteiger partial charge on any atom is -0.412 e. The van der Waals surface area contributed by atoms with Gasteiger partial charge in [0.1, 0.15) is 0 Å². The van der Waals surface area contributed by atoms with Gasteiger partial charge in [0.15, 0.2) is 5.90 Å². The fraction of sp³-hybridized carbons (Fsp3) is 0.391. The number of esters is 1. The molecule has 32 heavy (non-hydrogen) atoms. The van der Waals surface area contributed by atoms with Crippen LogP contribution in [-0.2, 0) is 9.53 Å². The van der Waals surface area contributed by atoms with E-state index in [0.717, 1.165) is 23.0 Å². The van der Waals surface area contributed by atoms with Crippen molar-refractivity contribution in [3.63, 3.8) is 0 Å². The number of aromatic nitrogens is 3. The number of nitrogens with zero attached hydrogens (tertiary/aromatic N) is 3. The highest BCUT2D eigenvalue weighted by molar-refractivity contribution is 6.33. The molecule has 168 valence electrons. The van der Waals surface area contributed by atoms with E-state index in [1.165, 1.54) is 0 Å². The molecule has 0 radical (unpaired) electrons. The van der Waals surface area contributed by atoms with Gasteiger partial charge in [0.25, 0.3) is 0 Å². The van der Waals surface area contributed by atoms with Crippen molar-refractivity contribution in [1.29, 1.82) is 5.41 Å². The van der Waals surface area contributed by atoms with E-state index in [9.17, 15) is 4.79 Å². The number of likely N-dealkylation sites (tertiary alicyclic amines) is 1. The Morgan fingerprint density at radius 2 is 2.12 bits per heavy atom. The Hall–Kier alpha value is -2.97. The average Bonchev–Trinajstić information content (AvgIpc) is 3.18. The van der Waals surface area contributed by atoms with Gasteiger partial charge in [-0.2, -0.15) is 0 Å². The number of carbonyl (C=O) groups is 1. The standard InChI is InChI=1S/C23H27ClN6O2/c1-13(2)21(25)32-22(31)14-8-15(12-30(3)11-14)28-23-27-10-18(24)20(29-23)17-9-26-19-7-5-4-6-16(17)19/h4-7,9-10,13-15,25-26H,8,11-12H2,1-3H3,(H,27,28,29). The zero-order valence-corrected chi connectivity index (χ0v) is 19.1. The number of hydrogen-bond donors (Lipinski definition) is 3. The first-order valence-electron chi connectivity index (χ1n) is 10.7. The number of carbonyl (C=O) groups excluding carboxylic acids is 1. The van der Waals surface area contributed by atoms with Crippen molar-refractivity contribution in [2.24, 2.45) is 11.8 Å². The van der Waals surface area contributed by atoms with Gasteiger partial charge in [-0.15, -0.1) is 0 Å². The van der Waals surface area contributed by atoms with Crippen molar-refractivity contribution >= 4 is 40.3 Å². The maximum Gasteiger partial charge on any atom is 0.316 e. The maximum atomic E-state index is 12.6. The molecule has 0 saturated carbocycles. The first kappa shape index (κ1) is 22.2. The summed E-state index contributed by atoms with van der Waals surface area (Å²) in [4.78, 5) is 26.9. The second kappa shape index (κ2) is 9.26. The summed E-state index contributed by atoms with van der Waals surface area (Å²) < 4.78 is 5.26. The second-order valence-electron chi connectivity index (χ2n) is 8.57. The van der Waals surface area contributed by atoms with E-state index in [1.54, 1.807) is 6.20 Å². The summed E-state index contributed by atoms with van der Waals surface area (Å²) in [6.45, 7) is 4.98. The van der Waals surface area contributed by atoms with E-state index >= 15 is 0 Å². The van der Waals surface area contributed by atoms with E-state index < -0.39 is 0 Å². The van der Waals surface area contributed by atoms with E-state index in [-0.39, 0.29) is 29.7 Å². The highest BCUT2D eigenvalue weighted by Gasteiger charge is 2.32. The molecular formula is C23H27ClN6O2. The molecule has 0 spiro atoms. The molecule has 1 aromatic carbocycles. The van der Waals surface area contributed by atoms with Crippen LogP contribution in [0.25, 0.3) is 22.2 Å². The molecule has 4 rings (SSSR count). The lowest BCUT2D eigenvalue weighted by atomic mass is 9.94. The third kappa shape index (κ3) is 4.76. The highest BCUT2D eigenvalue weighted by atomic mass is 35.5. The van der Waals surface area contributed by atoms with Crippen LogP contribution in [0.1, 0.15) is 20.3 Å². The zero-order valence-electron chi connectivity index (χ0n) is 18.4. The molecule has 1 aliphatic rings. The van der Waals surface area contributed by atoms with E-state index in [0.29, 0.717) is 29.6 Å². The number of piperidine rings is 1. The number of rotatable bonds is 5. The Morgan fingerprint density at radius 1 is 1.34 bits per heavy atom. The Labute approximate surface area is 191 Å². The van der Waals surface area contributed by atoms with Crippen LogP contribution in [0.4, 0.5) is 5.95 Å². The molecule has 1 fully saturated rings. The molecular weight excluding hydrogens is 428 g/mol. The van der Waals surface area contributed by atoms with Gasteiger partial charge in [0.2, 0.25) is 5.95 Å². The smallest absolute Gasteiger partial charge is 0.316 e. The lowest BCUT2D eigenvalue weighted by molar-refractivity contribution is -0.142. The summed E-state index contributed by atoms with van der Waals surface area (Å²) in [5.41, 5.74) is 2.56. The third-order valence-electron chi connectivity index (χ3n) is 5.62. The van der Waals surface area contributed by atoms with Crippen LogP contribution < -0.4 is 5.32 Å². The van der Waals surface area contributed by atoms with Gasteiger partial charge >= 0.3 is 5.97 Å². The van der Waals surface area contributed by atoms with Gasteiger partial charge in [0.05, 0.1) is 22.8 Å². The number of fused-ring (bicyclic) bond motifs is 1. The second-order valence-corrected chi connectivity index (χ2v) is 8.98. The molecule has 1 saturated heterocycles. The predicted molar refractivity (Wildman–Crippen MR) is 126 cm³/mol. The lowest BCUT2D eigenvalue weighted by Crippen LogP contribution is -2.47. The molecule has 0 amide bonds. The fourth-order valence-electron chi connectivity index (χ4n) is 3.98. The van der Waals surface area contributed by atoms with Gasteiger partial charge in [-0.3, -0.25) is 10.2 Å². The molecule has 0 aliphatic carbocycles. The minimum absolute atomic E-state index is 0.00265. The summed E-state index contributed by atoms with van der Waals surface area (Å²) >= 11 is 6.44. The number of nitrogens with one attached hydrogen (secondary N) is 3. The molecule has 3 aromatic rings. The number of ether oxygens (including phenoxy) is 1. The van der Waals surface area contributed by atoms with Crippen molar-refractivity contribution in [3.8, 4) is 11.3 Å². The summed E-state index contributed by atoms with van der Waals surface area (Å²) in [6.07, 6.45) is 4.06. The number of halogens is 1. The highest BCUT2D eigenvalue weighted by Crippen LogP contribution is 2.32. The SMILES string of the molecule is CC(C)C(=N)OC(=O)C1CC(Nc2ncc(Cl)c(-c3c[nH]c4ccccc34)n2)CN(C)C1. The summed E-state index contributed by atoms with van der Waals surface area (Å²) in [6, 6.07) is 7.93. The van der Waals surface area contributed by atoms with Crippen LogP contribution in [0, 0.1) is 17.2 Å². The number of likely N-dealkylation sites (N-methyl/N-ethyl adjacent to an activating group) is 1. The van der Waals surface area contributed by atoms with Crippen molar-refractivity contribution in [3.05, 3.63) is 41.7 Å². The average molecular weight is 455 g/mol. The third-order valence-corrected chi connectivity index (χ3v) is 5.90. The van der Waals surface area contributed by atoms with Gasteiger partial charge in [0, 0.05) is 47.7 Å². The minimum atomic E-state index is -0.362. The predicted octanol–water partition coefficient (Wildman–Crippen LogP) is 4.19. The number of H-pyrrole nitrogens is 1. The van der Waals surface area contributed by atoms with Crippen LogP contribution >= 0.6 is 11.6 Å². The number of anilines is 1. The largest absolute Gasteiger partial charge is 0.412 e. The van der Waals surface area contributed by atoms with Gasteiger partial charge < -0.3 is 19.9 Å². The molecule has 2 aromatic heterocycles. The van der Waals surface area contributed by atoms with Crippen LogP contribution in [0.3, 0.4) is 0 Å². The lowest BCUT2D eigenvalue weighted by Gasteiger charge is -2.34. The van der Waals surface area contributed by atoms with Crippen LogP contribution in [0.15, 0.2) is 36.7 Å². The summed E-state index contributed by atoms with van der Waals surface area (Å²) in [7, 11) is 1.96. The normalized spacial score (nSPS) is 19.3. The number of aromatic amines is 1. The molecule has 3 N–H and O–H groups in total. The fourth-order valence-corrected chi connectivity index (χ4v) is 4.17. The number of hydrogen-bond acceptors (Lipinski definition) is 7. The Kier molecular flexibility index (Phi) is 6.43. The Morgan fingerprint density at radius 3 is 2.91 bits per heavy atom. The van der Waals surface area contributed by atoms with Crippen LogP contribution in [-0.4, -0.2) is 57.9 Å². The van der Waals surface area contributed by atoms with E-state index in [4.69, 9.17) is 21.7 Å². The molecule has 3 heterocycles. The molecule has 0 bridgehead atoms. The first-order valence-corrected chi connectivity index (χ1v) is 11.0. The molecule has 8 nitrogen and oxygen atoms in total. The topological polar surface area (TPSA) is 107 Å². The molecule has 9 heteroatoms. The van der Waals surface area contributed by atoms with E-state index in [2.05, 4.69) is 25.2 Å². The monoisotopic (exact) mass is 454 g/mol. The van der Waals surface area contributed by atoms with Crippen molar-refractivity contribution in [1.82, 2.24) is 19.9 Å². The molecule has 2 unspecified atom stereocenters. The van der Waals surface area contributed by atoms with Gasteiger partial charge in [-0.05, 0) is 19.5 Å². The molecule has 2 atom stereocenters. The van der Waals surface area contributed by atoms with Gasteiger partial charge in [-0.25, -0.2) is 9.97 Å². The van der Waals surface area contributed by atoms with Crippen molar-refractivity contribution in [2.45, 2.75) is 26.3 Å². The number of para-hydroxylation sites is 1. The molecule has 1 aliphatic heterocycles. The first-order chi connectivity index (χ1) is 15.3. The summed E-state index contributed by atoms with van der Waals surface area (Å²) in [5, 5.41) is 12.7. The van der Waals surface area contributed by atoms with Crippen molar-refractivity contribution < 1.29 is 9.53 Å². The summed E-state index contributed by atoms with van der Waals surface area (Å²) in [5.74, 6) is -0.363. The number of benzene rings is 1. The Bertz CT molecular complexity index is 1140. The Balaban J connectivity index is 1.52. The quantitative estimate of drug-likeness (QED) is 0.303. The van der Waals surface area contributed by atoms with Gasteiger partial charge in [-0.1, -0.05) is 43.6 Å². The van der Waals surface area contributed by atoms with Crippen LogP contribution in [0.5, 0.6) is 0 Å². The van der Waals surface area contributed by atoms with Crippen molar-refractivity contribution in [2.75, 3.05) is 25.5 Å². The zero-order chi connectivity index (χ0) is 22.8.